The molecule has 80 valence electrons. The summed E-state index contributed by atoms with van der Waals surface area (Å²) in [7, 11) is 2.19. The molecule has 0 spiro atoms. The molecule has 4 nitrogen and oxygen atoms in total. The standard InChI is InChI=1S/C10H18N2O2/c1-12-8-2-3-9(12)5-7(4-8)11-6-10(13)14/h7-9,11H,2-6H2,1H3,(H,13,14). The summed E-state index contributed by atoms with van der Waals surface area (Å²) in [6, 6.07) is 1.78. The van der Waals surface area contributed by atoms with Gasteiger partial charge in [0.15, 0.2) is 0 Å². The van der Waals surface area contributed by atoms with Crippen LogP contribution in [0.3, 0.4) is 0 Å². The lowest BCUT2D eigenvalue weighted by Crippen LogP contribution is -2.48. The molecule has 0 aromatic heterocycles. The molecule has 0 saturated carbocycles. The van der Waals surface area contributed by atoms with E-state index in [4.69, 9.17) is 5.11 Å². The highest BCUT2D eigenvalue weighted by Gasteiger charge is 2.38. The van der Waals surface area contributed by atoms with E-state index in [2.05, 4.69) is 17.3 Å². The zero-order valence-corrected chi connectivity index (χ0v) is 8.57. The number of carboxylic acid groups (broad SMARTS) is 1. The normalized spacial score (nSPS) is 37.4. The van der Waals surface area contributed by atoms with E-state index < -0.39 is 5.97 Å². The average molecular weight is 198 g/mol. The van der Waals surface area contributed by atoms with E-state index in [1.165, 1.54) is 12.8 Å². The molecule has 4 heteroatoms. The first kappa shape index (κ1) is 9.93. The van der Waals surface area contributed by atoms with Crippen molar-refractivity contribution in [1.29, 1.82) is 0 Å². The van der Waals surface area contributed by atoms with Crippen LogP contribution in [0.25, 0.3) is 0 Å². The van der Waals surface area contributed by atoms with E-state index >= 15 is 0 Å². The quantitative estimate of drug-likeness (QED) is 0.684. The van der Waals surface area contributed by atoms with Crippen molar-refractivity contribution in [2.75, 3.05) is 13.6 Å². The fourth-order valence-corrected chi connectivity index (χ4v) is 2.81. The van der Waals surface area contributed by atoms with Crippen LogP contribution in [0.1, 0.15) is 25.7 Å². The van der Waals surface area contributed by atoms with Gasteiger partial charge in [-0.15, -0.1) is 0 Å². The Morgan fingerprint density at radius 3 is 2.50 bits per heavy atom. The summed E-state index contributed by atoms with van der Waals surface area (Å²) in [4.78, 5) is 12.9. The van der Waals surface area contributed by atoms with E-state index in [0.29, 0.717) is 18.1 Å². The van der Waals surface area contributed by atoms with Crippen LogP contribution in [0, 0.1) is 0 Å². The maximum Gasteiger partial charge on any atom is 0.317 e. The van der Waals surface area contributed by atoms with Crippen molar-refractivity contribution in [1.82, 2.24) is 10.2 Å². The molecule has 2 atom stereocenters. The third-order valence-electron chi connectivity index (χ3n) is 3.64. The van der Waals surface area contributed by atoms with Crippen LogP contribution < -0.4 is 5.32 Å². The van der Waals surface area contributed by atoms with Gasteiger partial charge in [-0.1, -0.05) is 0 Å². The van der Waals surface area contributed by atoms with Gasteiger partial charge in [0.1, 0.15) is 0 Å². The van der Waals surface area contributed by atoms with Crippen LogP contribution >= 0.6 is 0 Å². The molecule has 2 aliphatic rings. The predicted molar refractivity (Wildman–Crippen MR) is 53.2 cm³/mol. The summed E-state index contributed by atoms with van der Waals surface area (Å²) in [5.74, 6) is -0.753. The molecule has 2 aliphatic heterocycles. The van der Waals surface area contributed by atoms with Crippen LogP contribution in [0.15, 0.2) is 0 Å². The van der Waals surface area contributed by atoms with Crippen molar-refractivity contribution in [2.45, 2.75) is 43.8 Å². The SMILES string of the molecule is CN1C2CCC1CC(NCC(=O)O)C2. The molecule has 2 saturated heterocycles. The maximum absolute atomic E-state index is 10.4. The molecular formula is C10H18N2O2. The molecule has 2 rings (SSSR count). The maximum atomic E-state index is 10.4. The Bertz CT molecular complexity index is 218. The Hall–Kier alpha value is -0.610. The summed E-state index contributed by atoms with van der Waals surface area (Å²) < 4.78 is 0. The molecule has 0 amide bonds. The second kappa shape index (κ2) is 3.87. The van der Waals surface area contributed by atoms with Crippen molar-refractivity contribution in [2.24, 2.45) is 0 Å². The first-order valence-electron chi connectivity index (χ1n) is 5.34. The van der Waals surface area contributed by atoms with Crippen molar-refractivity contribution >= 4 is 5.97 Å². The Labute approximate surface area is 84.3 Å². The lowest BCUT2D eigenvalue weighted by molar-refractivity contribution is -0.136. The van der Waals surface area contributed by atoms with Gasteiger partial charge in [-0.2, -0.15) is 0 Å². The van der Waals surface area contributed by atoms with Gasteiger partial charge >= 0.3 is 5.97 Å². The van der Waals surface area contributed by atoms with Gasteiger partial charge in [-0.3, -0.25) is 4.79 Å². The predicted octanol–water partition coefficient (Wildman–Crippen LogP) is 0.286. The Balaban J connectivity index is 1.84. The summed E-state index contributed by atoms with van der Waals surface area (Å²) in [5.41, 5.74) is 0. The third kappa shape index (κ3) is 1.91. The zero-order chi connectivity index (χ0) is 10.1. The second-order valence-electron chi connectivity index (χ2n) is 4.49. The van der Waals surface area contributed by atoms with Gasteiger partial charge in [0.05, 0.1) is 6.54 Å². The molecule has 0 aliphatic carbocycles. The number of rotatable bonds is 3. The van der Waals surface area contributed by atoms with Crippen molar-refractivity contribution in [3.05, 3.63) is 0 Å². The fraction of sp³-hybridized carbons (Fsp3) is 0.900. The third-order valence-corrected chi connectivity index (χ3v) is 3.64. The van der Waals surface area contributed by atoms with E-state index in [1.54, 1.807) is 0 Å². The van der Waals surface area contributed by atoms with E-state index in [9.17, 15) is 4.79 Å². The van der Waals surface area contributed by atoms with Gasteiger partial charge in [-0.25, -0.2) is 0 Å². The lowest BCUT2D eigenvalue weighted by atomic mass is 9.98. The number of carboxylic acids is 1. The fourth-order valence-electron chi connectivity index (χ4n) is 2.81. The molecule has 2 N–H and O–H groups in total. The van der Waals surface area contributed by atoms with Gasteiger partial charge in [-0.05, 0) is 32.7 Å². The Morgan fingerprint density at radius 1 is 1.43 bits per heavy atom. The Kier molecular flexibility index (Phi) is 2.74. The first-order valence-corrected chi connectivity index (χ1v) is 5.34. The molecule has 14 heavy (non-hydrogen) atoms. The summed E-state index contributed by atoms with van der Waals surface area (Å²) in [6.45, 7) is 0.105. The highest BCUT2D eigenvalue weighted by atomic mass is 16.4. The van der Waals surface area contributed by atoms with Gasteiger partial charge in [0.2, 0.25) is 0 Å². The van der Waals surface area contributed by atoms with Crippen molar-refractivity contribution in [3.63, 3.8) is 0 Å². The lowest BCUT2D eigenvalue weighted by Gasteiger charge is -2.36. The number of fused-ring (bicyclic) bond motifs is 2. The van der Waals surface area contributed by atoms with Gasteiger partial charge in [0.25, 0.3) is 0 Å². The summed E-state index contributed by atoms with van der Waals surface area (Å²) >= 11 is 0. The molecule has 2 unspecified atom stereocenters. The molecule has 2 fully saturated rings. The minimum Gasteiger partial charge on any atom is -0.480 e. The highest BCUT2D eigenvalue weighted by Crippen LogP contribution is 2.33. The number of piperidine rings is 1. The minimum atomic E-state index is -0.753. The largest absolute Gasteiger partial charge is 0.480 e. The number of carbonyl (C=O) groups is 1. The number of aliphatic carboxylic acids is 1. The molecule has 2 heterocycles. The van der Waals surface area contributed by atoms with Gasteiger partial charge < -0.3 is 15.3 Å². The average Bonchev–Trinajstić information content (AvgIpc) is 2.41. The molecule has 2 bridgehead atoms. The number of hydrogen-bond donors (Lipinski definition) is 2. The monoisotopic (exact) mass is 198 g/mol. The molecule has 0 aromatic rings. The molecule has 0 radical (unpaired) electrons. The van der Waals surface area contributed by atoms with Crippen molar-refractivity contribution in [3.8, 4) is 0 Å². The van der Waals surface area contributed by atoms with E-state index in [0.717, 1.165) is 12.8 Å². The van der Waals surface area contributed by atoms with Gasteiger partial charge in [0, 0.05) is 18.1 Å². The highest BCUT2D eigenvalue weighted by molar-refractivity contribution is 5.69. The summed E-state index contributed by atoms with van der Waals surface area (Å²) in [5, 5.41) is 11.7. The zero-order valence-electron chi connectivity index (χ0n) is 8.57. The van der Waals surface area contributed by atoms with E-state index in [-0.39, 0.29) is 6.54 Å². The van der Waals surface area contributed by atoms with Crippen LogP contribution in [0.4, 0.5) is 0 Å². The van der Waals surface area contributed by atoms with Crippen molar-refractivity contribution < 1.29 is 9.90 Å². The van der Waals surface area contributed by atoms with E-state index in [1.807, 2.05) is 0 Å². The van der Waals surface area contributed by atoms with Crippen LogP contribution in [0.5, 0.6) is 0 Å². The summed E-state index contributed by atoms with van der Waals surface area (Å²) in [6.07, 6.45) is 4.79. The Morgan fingerprint density at radius 2 is 2.00 bits per heavy atom. The molecular weight excluding hydrogens is 180 g/mol. The topological polar surface area (TPSA) is 52.6 Å². The minimum absolute atomic E-state index is 0.105. The van der Waals surface area contributed by atoms with Crippen LogP contribution in [-0.4, -0.2) is 47.7 Å². The number of nitrogens with zero attached hydrogens (tertiary/aromatic N) is 1. The first-order chi connectivity index (χ1) is 6.66. The molecule has 0 aromatic carbocycles. The number of nitrogens with one attached hydrogen (secondary N) is 1. The second-order valence-corrected chi connectivity index (χ2v) is 4.49. The smallest absolute Gasteiger partial charge is 0.317 e. The van der Waals surface area contributed by atoms with Crippen LogP contribution in [-0.2, 0) is 4.79 Å². The number of hydrogen-bond acceptors (Lipinski definition) is 3. The van der Waals surface area contributed by atoms with Crippen LogP contribution in [0.2, 0.25) is 0 Å².